The zero-order valence-corrected chi connectivity index (χ0v) is 8.37. The number of rotatable bonds is 3. The smallest absolute Gasteiger partial charge is 0.0896 e. The van der Waals surface area contributed by atoms with E-state index < -0.39 is 0 Å². The SMILES string of the molecule is CNC1(Cc2cnc(C)s2)CC1. The molecule has 1 fully saturated rings. The lowest BCUT2D eigenvalue weighted by Crippen LogP contribution is -2.29. The Balaban J connectivity index is 2.04. The fraction of sp³-hybridized carbons (Fsp3) is 0.667. The van der Waals surface area contributed by atoms with Crippen molar-refractivity contribution in [2.75, 3.05) is 7.05 Å². The van der Waals surface area contributed by atoms with Crippen LogP contribution in [0.2, 0.25) is 0 Å². The van der Waals surface area contributed by atoms with Crippen LogP contribution in [-0.4, -0.2) is 17.6 Å². The summed E-state index contributed by atoms with van der Waals surface area (Å²) in [4.78, 5) is 5.67. The van der Waals surface area contributed by atoms with E-state index in [1.54, 1.807) is 0 Å². The van der Waals surface area contributed by atoms with Crippen LogP contribution in [0.3, 0.4) is 0 Å². The summed E-state index contributed by atoms with van der Waals surface area (Å²) >= 11 is 1.82. The summed E-state index contributed by atoms with van der Waals surface area (Å²) in [5.41, 5.74) is 0.430. The van der Waals surface area contributed by atoms with Gasteiger partial charge in [0.15, 0.2) is 0 Å². The minimum Gasteiger partial charge on any atom is -0.314 e. The summed E-state index contributed by atoms with van der Waals surface area (Å²) in [5, 5.41) is 4.57. The van der Waals surface area contributed by atoms with Gasteiger partial charge in [0, 0.05) is 23.0 Å². The van der Waals surface area contributed by atoms with Gasteiger partial charge in [-0.25, -0.2) is 4.98 Å². The van der Waals surface area contributed by atoms with Crippen LogP contribution in [0.5, 0.6) is 0 Å². The largest absolute Gasteiger partial charge is 0.314 e. The summed E-state index contributed by atoms with van der Waals surface area (Å²) in [6.45, 7) is 2.06. The fourth-order valence-electron chi connectivity index (χ4n) is 1.49. The monoisotopic (exact) mass is 182 g/mol. The molecule has 0 radical (unpaired) electrons. The Kier molecular flexibility index (Phi) is 1.93. The third-order valence-electron chi connectivity index (χ3n) is 2.57. The number of likely N-dealkylation sites (N-methyl/N-ethyl adjacent to an activating group) is 1. The van der Waals surface area contributed by atoms with Crippen LogP contribution in [0.4, 0.5) is 0 Å². The van der Waals surface area contributed by atoms with E-state index in [1.165, 1.54) is 22.7 Å². The normalized spacial score (nSPS) is 19.5. The molecule has 0 spiro atoms. The predicted octanol–water partition coefficient (Wildman–Crippen LogP) is 1.75. The molecule has 1 aromatic rings. The molecular formula is C9H14N2S. The number of hydrogen-bond acceptors (Lipinski definition) is 3. The lowest BCUT2D eigenvalue weighted by molar-refractivity contribution is 0.552. The molecule has 1 aliphatic rings. The molecule has 0 aliphatic heterocycles. The van der Waals surface area contributed by atoms with Crippen LogP contribution >= 0.6 is 11.3 Å². The van der Waals surface area contributed by atoms with E-state index in [2.05, 4.69) is 24.3 Å². The maximum absolute atomic E-state index is 4.25. The van der Waals surface area contributed by atoms with Gasteiger partial charge in [0.25, 0.3) is 0 Å². The number of hydrogen-bond donors (Lipinski definition) is 1. The van der Waals surface area contributed by atoms with E-state index in [0.29, 0.717) is 5.54 Å². The van der Waals surface area contributed by atoms with Gasteiger partial charge in [-0.15, -0.1) is 11.3 Å². The van der Waals surface area contributed by atoms with E-state index in [4.69, 9.17) is 0 Å². The van der Waals surface area contributed by atoms with Gasteiger partial charge in [0.1, 0.15) is 0 Å². The number of aromatic nitrogens is 1. The highest BCUT2D eigenvalue weighted by Crippen LogP contribution is 2.38. The highest BCUT2D eigenvalue weighted by atomic mass is 32.1. The first-order valence-electron chi connectivity index (χ1n) is 4.34. The highest BCUT2D eigenvalue weighted by molar-refractivity contribution is 7.11. The van der Waals surface area contributed by atoms with Crippen molar-refractivity contribution in [1.82, 2.24) is 10.3 Å². The van der Waals surface area contributed by atoms with Crippen molar-refractivity contribution in [3.8, 4) is 0 Å². The van der Waals surface area contributed by atoms with Crippen molar-refractivity contribution < 1.29 is 0 Å². The van der Waals surface area contributed by atoms with Gasteiger partial charge in [0.2, 0.25) is 0 Å². The van der Waals surface area contributed by atoms with Gasteiger partial charge in [-0.1, -0.05) is 0 Å². The first-order valence-corrected chi connectivity index (χ1v) is 5.16. The number of aryl methyl sites for hydroxylation is 1. The van der Waals surface area contributed by atoms with Crippen molar-refractivity contribution in [2.45, 2.75) is 31.7 Å². The van der Waals surface area contributed by atoms with Gasteiger partial charge < -0.3 is 5.32 Å². The van der Waals surface area contributed by atoms with Crippen LogP contribution in [0.25, 0.3) is 0 Å². The fourth-order valence-corrected chi connectivity index (χ4v) is 2.43. The minimum absolute atomic E-state index is 0.430. The average Bonchev–Trinajstić information content (AvgIpc) is 2.71. The molecule has 0 unspecified atom stereocenters. The molecule has 0 aromatic carbocycles. The molecule has 12 heavy (non-hydrogen) atoms. The number of thiazole rings is 1. The van der Waals surface area contributed by atoms with Crippen molar-refractivity contribution in [1.29, 1.82) is 0 Å². The van der Waals surface area contributed by atoms with Crippen LogP contribution in [0, 0.1) is 6.92 Å². The van der Waals surface area contributed by atoms with E-state index in [9.17, 15) is 0 Å². The molecule has 0 saturated heterocycles. The van der Waals surface area contributed by atoms with Gasteiger partial charge in [-0.05, 0) is 26.8 Å². The molecule has 1 N–H and O–H groups in total. The Hall–Kier alpha value is -0.410. The van der Waals surface area contributed by atoms with E-state index in [1.807, 2.05) is 17.5 Å². The van der Waals surface area contributed by atoms with E-state index in [0.717, 1.165) is 6.42 Å². The molecular weight excluding hydrogens is 168 g/mol. The molecule has 3 heteroatoms. The van der Waals surface area contributed by atoms with Gasteiger partial charge in [-0.2, -0.15) is 0 Å². The molecule has 1 saturated carbocycles. The van der Waals surface area contributed by atoms with E-state index in [-0.39, 0.29) is 0 Å². The molecule has 1 aliphatic carbocycles. The Labute approximate surface area is 77.0 Å². The second-order valence-corrected chi connectivity index (χ2v) is 4.87. The molecule has 2 rings (SSSR count). The molecule has 0 bridgehead atoms. The molecule has 2 nitrogen and oxygen atoms in total. The standard InChI is InChI=1S/C9H14N2S/c1-7-11-6-8(12-7)5-9(10-2)3-4-9/h6,10H,3-5H2,1-2H3. The zero-order valence-electron chi connectivity index (χ0n) is 7.55. The Morgan fingerprint density at radius 1 is 1.67 bits per heavy atom. The lowest BCUT2D eigenvalue weighted by atomic mass is 10.2. The first-order chi connectivity index (χ1) is 5.74. The van der Waals surface area contributed by atoms with E-state index >= 15 is 0 Å². The molecule has 1 heterocycles. The maximum atomic E-state index is 4.25. The van der Waals surface area contributed by atoms with Crippen LogP contribution in [0.15, 0.2) is 6.20 Å². The minimum atomic E-state index is 0.430. The Morgan fingerprint density at radius 3 is 2.83 bits per heavy atom. The predicted molar refractivity (Wildman–Crippen MR) is 51.6 cm³/mol. The second kappa shape index (κ2) is 2.82. The van der Waals surface area contributed by atoms with Crippen molar-refractivity contribution in [3.05, 3.63) is 16.1 Å². The van der Waals surface area contributed by atoms with Crippen LogP contribution in [-0.2, 0) is 6.42 Å². The maximum Gasteiger partial charge on any atom is 0.0896 e. The summed E-state index contributed by atoms with van der Waals surface area (Å²) in [6, 6.07) is 0. The van der Waals surface area contributed by atoms with Crippen LogP contribution < -0.4 is 5.32 Å². The van der Waals surface area contributed by atoms with Gasteiger partial charge in [0.05, 0.1) is 5.01 Å². The van der Waals surface area contributed by atoms with Crippen LogP contribution in [0.1, 0.15) is 22.7 Å². The van der Waals surface area contributed by atoms with Gasteiger partial charge >= 0.3 is 0 Å². The molecule has 0 atom stereocenters. The molecule has 1 aromatic heterocycles. The summed E-state index contributed by atoms with van der Waals surface area (Å²) in [5.74, 6) is 0. The average molecular weight is 182 g/mol. The number of nitrogens with one attached hydrogen (secondary N) is 1. The Morgan fingerprint density at radius 2 is 2.42 bits per heavy atom. The summed E-state index contributed by atoms with van der Waals surface area (Å²) in [7, 11) is 2.06. The number of nitrogens with zero attached hydrogens (tertiary/aromatic N) is 1. The van der Waals surface area contributed by atoms with Crippen molar-refractivity contribution >= 4 is 11.3 Å². The summed E-state index contributed by atoms with van der Waals surface area (Å²) in [6.07, 6.45) is 5.81. The zero-order chi connectivity index (χ0) is 8.60. The quantitative estimate of drug-likeness (QED) is 0.770. The Bertz CT molecular complexity index is 276. The first kappa shape index (κ1) is 8.20. The van der Waals surface area contributed by atoms with Gasteiger partial charge in [-0.3, -0.25) is 0 Å². The van der Waals surface area contributed by atoms with Crippen molar-refractivity contribution in [2.24, 2.45) is 0 Å². The lowest BCUT2D eigenvalue weighted by Gasteiger charge is -2.11. The molecule has 0 amide bonds. The second-order valence-electron chi connectivity index (χ2n) is 3.55. The summed E-state index contributed by atoms with van der Waals surface area (Å²) < 4.78 is 0. The van der Waals surface area contributed by atoms with Crippen molar-refractivity contribution in [3.63, 3.8) is 0 Å². The third kappa shape index (κ3) is 1.52. The highest BCUT2D eigenvalue weighted by Gasteiger charge is 2.41. The topological polar surface area (TPSA) is 24.9 Å². The molecule has 66 valence electrons. The third-order valence-corrected chi connectivity index (χ3v) is 3.48.